The van der Waals surface area contributed by atoms with Gasteiger partial charge in [-0.3, -0.25) is 4.79 Å². The summed E-state index contributed by atoms with van der Waals surface area (Å²) < 4.78 is 35.4. The van der Waals surface area contributed by atoms with Gasteiger partial charge in [-0.25, -0.2) is 8.42 Å². The van der Waals surface area contributed by atoms with E-state index in [0.717, 1.165) is 5.56 Å². The lowest BCUT2D eigenvalue weighted by atomic mass is 10.1. The van der Waals surface area contributed by atoms with Gasteiger partial charge < -0.3 is 14.4 Å². The van der Waals surface area contributed by atoms with Gasteiger partial charge in [0.05, 0.1) is 48.9 Å². The number of thioether (sulfide) groups is 1. The summed E-state index contributed by atoms with van der Waals surface area (Å²) in [5.41, 5.74) is 1.41. The quantitative estimate of drug-likeness (QED) is 0.649. The van der Waals surface area contributed by atoms with Crippen molar-refractivity contribution in [3.8, 4) is 11.5 Å². The van der Waals surface area contributed by atoms with Crippen LogP contribution in [0.1, 0.15) is 5.56 Å². The summed E-state index contributed by atoms with van der Waals surface area (Å²) in [4.78, 5) is 18.8. The minimum atomic E-state index is -3.19. The fourth-order valence-electron chi connectivity index (χ4n) is 3.80. The average molecular weight is 481 g/mol. The van der Waals surface area contributed by atoms with E-state index in [1.54, 1.807) is 17.0 Å². The lowest BCUT2D eigenvalue weighted by Crippen LogP contribution is -2.38. The molecule has 0 aromatic heterocycles. The first-order chi connectivity index (χ1) is 14.8. The van der Waals surface area contributed by atoms with Gasteiger partial charge in [-0.15, -0.1) is 0 Å². The van der Waals surface area contributed by atoms with Crippen molar-refractivity contribution >= 4 is 50.0 Å². The van der Waals surface area contributed by atoms with E-state index in [4.69, 9.17) is 21.1 Å². The molecule has 2 atom stereocenters. The molecule has 0 bridgehead atoms. The van der Waals surface area contributed by atoms with Crippen LogP contribution in [0.25, 0.3) is 0 Å². The number of amides is 1. The number of methoxy groups -OCH3 is 2. The number of sulfone groups is 1. The normalized spacial score (nSPS) is 23.1. The van der Waals surface area contributed by atoms with E-state index in [9.17, 15) is 13.2 Å². The van der Waals surface area contributed by atoms with Gasteiger partial charge in [0.2, 0.25) is 0 Å². The van der Waals surface area contributed by atoms with Gasteiger partial charge in [-0.1, -0.05) is 53.7 Å². The number of halogens is 1. The summed E-state index contributed by atoms with van der Waals surface area (Å²) in [7, 11) is -0.180. The molecular formula is C21H21ClN2O5S2. The van der Waals surface area contributed by atoms with Crippen LogP contribution in [-0.4, -0.2) is 56.5 Å². The SMILES string of the molecule is COc1cc(OC)c(N2C(=NC(=O)Cc3ccccc3)SC3CS(=O)(=O)CC32)cc1Cl. The van der Waals surface area contributed by atoms with Crippen molar-refractivity contribution in [1.82, 2.24) is 0 Å². The van der Waals surface area contributed by atoms with Crippen LogP contribution >= 0.6 is 23.4 Å². The second-order valence-corrected chi connectivity index (χ2v) is 11.0. The highest BCUT2D eigenvalue weighted by molar-refractivity contribution is 8.16. The number of amidine groups is 1. The van der Waals surface area contributed by atoms with Crippen LogP contribution in [0, 0.1) is 0 Å². The lowest BCUT2D eigenvalue weighted by molar-refractivity contribution is -0.117. The second-order valence-electron chi connectivity index (χ2n) is 7.28. The molecule has 0 N–H and O–H groups in total. The molecule has 0 radical (unpaired) electrons. The van der Waals surface area contributed by atoms with Crippen molar-refractivity contribution in [2.75, 3.05) is 30.6 Å². The zero-order chi connectivity index (χ0) is 22.2. The van der Waals surface area contributed by atoms with Crippen LogP contribution in [0.4, 0.5) is 5.69 Å². The highest BCUT2D eigenvalue weighted by Crippen LogP contribution is 2.46. The number of ether oxygens (including phenoxy) is 2. The molecule has 2 heterocycles. The number of aliphatic imine (C=N–C) groups is 1. The third-order valence-electron chi connectivity index (χ3n) is 5.20. The third-order valence-corrected chi connectivity index (χ3v) is 8.70. The van der Waals surface area contributed by atoms with Gasteiger partial charge in [0, 0.05) is 11.3 Å². The van der Waals surface area contributed by atoms with E-state index in [1.807, 2.05) is 30.3 Å². The fourth-order valence-corrected chi connectivity index (χ4v) is 7.95. The predicted molar refractivity (Wildman–Crippen MR) is 123 cm³/mol. The first kappa shape index (κ1) is 22.0. The molecule has 2 aromatic rings. The molecule has 0 spiro atoms. The molecule has 2 fully saturated rings. The largest absolute Gasteiger partial charge is 0.495 e. The van der Waals surface area contributed by atoms with Gasteiger partial charge in [-0.05, 0) is 11.6 Å². The average Bonchev–Trinajstić information content (AvgIpc) is 3.19. The highest BCUT2D eigenvalue weighted by atomic mass is 35.5. The smallest absolute Gasteiger partial charge is 0.252 e. The second kappa shape index (κ2) is 8.72. The molecule has 4 rings (SSSR count). The number of hydrogen-bond acceptors (Lipinski definition) is 6. The summed E-state index contributed by atoms with van der Waals surface area (Å²) in [6.45, 7) is 0. The lowest BCUT2D eigenvalue weighted by Gasteiger charge is -2.26. The Morgan fingerprint density at radius 2 is 1.87 bits per heavy atom. The monoisotopic (exact) mass is 480 g/mol. The maximum Gasteiger partial charge on any atom is 0.252 e. The number of anilines is 1. The van der Waals surface area contributed by atoms with E-state index in [1.165, 1.54) is 26.0 Å². The molecule has 164 valence electrons. The molecule has 7 nitrogen and oxygen atoms in total. The minimum Gasteiger partial charge on any atom is -0.495 e. The first-order valence-electron chi connectivity index (χ1n) is 9.54. The highest BCUT2D eigenvalue weighted by Gasteiger charge is 2.50. The number of benzene rings is 2. The molecular weight excluding hydrogens is 460 g/mol. The van der Waals surface area contributed by atoms with Gasteiger partial charge in [-0.2, -0.15) is 4.99 Å². The molecule has 2 saturated heterocycles. The molecule has 31 heavy (non-hydrogen) atoms. The van der Waals surface area contributed by atoms with Gasteiger partial charge in [0.25, 0.3) is 5.91 Å². The first-order valence-corrected chi connectivity index (χ1v) is 12.6. The Morgan fingerprint density at radius 3 is 2.55 bits per heavy atom. The third kappa shape index (κ3) is 4.53. The number of carbonyl (C=O) groups is 1. The van der Waals surface area contributed by atoms with E-state index >= 15 is 0 Å². The van der Waals surface area contributed by atoms with Crippen molar-refractivity contribution in [3.05, 3.63) is 53.1 Å². The van der Waals surface area contributed by atoms with E-state index in [-0.39, 0.29) is 35.1 Å². The Labute approximate surface area is 190 Å². The Morgan fingerprint density at radius 1 is 1.16 bits per heavy atom. The molecule has 2 aromatic carbocycles. The summed E-state index contributed by atoms with van der Waals surface area (Å²) in [5.74, 6) is 0.596. The molecule has 0 aliphatic carbocycles. The topological polar surface area (TPSA) is 85.3 Å². The van der Waals surface area contributed by atoms with Crippen LogP contribution in [0.2, 0.25) is 5.02 Å². The summed E-state index contributed by atoms with van der Waals surface area (Å²) in [5, 5.41) is 0.576. The van der Waals surface area contributed by atoms with Crippen molar-refractivity contribution in [3.63, 3.8) is 0 Å². The standard InChI is InChI=1S/C21H21ClN2O5S2/c1-28-17-10-18(29-2)15(9-14(17)22)24-16-11-31(26,27)12-19(16)30-21(24)23-20(25)8-13-6-4-3-5-7-13/h3-7,9-10,16,19H,8,11-12H2,1-2H3. The maximum atomic E-state index is 12.7. The Balaban J connectivity index is 1.74. The van der Waals surface area contributed by atoms with E-state index < -0.39 is 9.84 Å². The van der Waals surface area contributed by atoms with E-state index in [0.29, 0.717) is 27.4 Å². The van der Waals surface area contributed by atoms with Gasteiger partial charge >= 0.3 is 0 Å². The number of nitrogens with zero attached hydrogens (tertiary/aromatic N) is 2. The van der Waals surface area contributed by atoms with Crippen LogP contribution in [0.15, 0.2) is 47.5 Å². The molecule has 1 amide bonds. The predicted octanol–water partition coefficient (Wildman–Crippen LogP) is 3.20. The molecule has 0 saturated carbocycles. The van der Waals surface area contributed by atoms with Crippen molar-refractivity contribution in [2.45, 2.75) is 17.7 Å². The number of hydrogen-bond donors (Lipinski definition) is 0. The van der Waals surface area contributed by atoms with Crippen LogP contribution in [-0.2, 0) is 21.1 Å². The minimum absolute atomic E-state index is 0.0244. The Kier molecular flexibility index (Phi) is 6.18. The molecule has 2 aliphatic rings. The number of fused-ring (bicyclic) bond motifs is 1. The van der Waals surface area contributed by atoms with Crippen molar-refractivity contribution in [2.24, 2.45) is 4.99 Å². The van der Waals surface area contributed by atoms with Gasteiger partial charge in [0.15, 0.2) is 15.0 Å². The fraction of sp³-hybridized carbons (Fsp3) is 0.333. The van der Waals surface area contributed by atoms with Crippen molar-refractivity contribution in [1.29, 1.82) is 0 Å². The summed E-state index contributed by atoms with van der Waals surface area (Å²) >= 11 is 7.66. The van der Waals surface area contributed by atoms with Crippen LogP contribution in [0.3, 0.4) is 0 Å². The van der Waals surface area contributed by atoms with Crippen molar-refractivity contribution < 1.29 is 22.7 Å². The maximum absolute atomic E-state index is 12.7. The van der Waals surface area contributed by atoms with Gasteiger partial charge in [0.1, 0.15) is 11.5 Å². The van der Waals surface area contributed by atoms with Crippen LogP contribution < -0.4 is 14.4 Å². The molecule has 2 unspecified atom stereocenters. The summed E-state index contributed by atoms with van der Waals surface area (Å²) in [6.07, 6.45) is 0.160. The van der Waals surface area contributed by atoms with E-state index in [2.05, 4.69) is 4.99 Å². The zero-order valence-electron chi connectivity index (χ0n) is 16.9. The Hall–Kier alpha value is -2.23. The number of carbonyl (C=O) groups excluding carboxylic acids is 1. The molecule has 10 heteroatoms. The summed E-state index contributed by atoms with van der Waals surface area (Å²) in [6, 6.07) is 12.3. The Bertz CT molecular complexity index is 1140. The van der Waals surface area contributed by atoms with Crippen LogP contribution in [0.5, 0.6) is 11.5 Å². The molecule has 2 aliphatic heterocycles. The zero-order valence-corrected chi connectivity index (χ0v) is 19.3. The number of rotatable bonds is 5.